The molecule has 0 spiro atoms. The molecule has 4 nitrogen and oxygen atoms in total. The van der Waals surface area contributed by atoms with Gasteiger partial charge in [-0.05, 0) is 56.6 Å². The molecule has 0 aliphatic carbocycles. The number of hydrogen-bond acceptors (Lipinski definition) is 2. The predicted octanol–water partition coefficient (Wildman–Crippen LogP) is 2.59. The zero-order valence-corrected chi connectivity index (χ0v) is 10.0. The second-order valence-electron chi connectivity index (χ2n) is 4.63. The van der Waals surface area contributed by atoms with Crippen molar-refractivity contribution in [2.45, 2.75) is 18.8 Å². The molecule has 4 heteroatoms. The van der Waals surface area contributed by atoms with Crippen molar-refractivity contribution in [1.82, 2.24) is 4.90 Å². The first-order valence-corrected chi connectivity index (χ1v) is 5.93. The largest absolute Gasteiger partial charge is 0.465 e. The van der Waals surface area contributed by atoms with Crippen LogP contribution in [-0.4, -0.2) is 36.2 Å². The molecule has 1 aliphatic rings. The molecule has 0 aromatic heterocycles. The van der Waals surface area contributed by atoms with Crippen molar-refractivity contribution >= 4 is 11.8 Å². The van der Waals surface area contributed by atoms with Crippen molar-refractivity contribution in [1.29, 1.82) is 0 Å². The number of likely N-dealkylation sites (tertiary alicyclic amines) is 1. The monoisotopic (exact) mass is 234 g/mol. The Morgan fingerprint density at radius 2 is 1.88 bits per heavy atom. The maximum atomic E-state index is 10.5. The summed E-state index contributed by atoms with van der Waals surface area (Å²) in [4.78, 5) is 12.8. The number of benzene rings is 1. The molecule has 92 valence electrons. The summed E-state index contributed by atoms with van der Waals surface area (Å²) in [6.45, 7) is 2.28. The molecule has 0 radical (unpaired) electrons. The molecule has 0 saturated carbocycles. The van der Waals surface area contributed by atoms with Crippen LogP contribution >= 0.6 is 0 Å². The van der Waals surface area contributed by atoms with Crippen LogP contribution in [0.4, 0.5) is 10.5 Å². The number of amides is 1. The molecular weight excluding hydrogens is 216 g/mol. The van der Waals surface area contributed by atoms with Crippen LogP contribution < -0.4 is 5.32 Å². The van der Waals surface area contributed by atoms with E-state index in [1.54, 1.807) is 0 Å². The highest BCUT2D eigenvalue weighted by Gasteiger charge is 2.17. The van der Waals surface area contributed by atoms with Crippen molar-refractivity contribution in [2.75, 3.05) is 25.5 Å². The van der Waals surface area contributed by atoms with Crippen molar-refractivity contribution in [3.05, 3.63) is 29.8 Å². The van der Waals surface area contributed by atoms with E-state index in [0.29, 0.717) is 11.6 Å². The number of anilines is 1. The zero-order valence-electron chi connectivity index (χ0n) is 10.0. The highest BCUT2D eigenvalue weighted by Crippen LogP contribution is 2.28. The summed E-state index contributed by atoms with van der Waals surface area (Å²) in [6, 6.07) is 7.73. The molecule has 1 heterocycles. The van der Waals surface area contributed by atoms with E-state index in [1.807, 2.05) is 24.3 Å². The van der Waals surface area contributed by atoms with E-state index in [4.69, 9.17) is 5.11 Å². The van der Waals surface area contributed by atoms with Gasteiger partial charge < -0.3 is 10.0 Å². The van der Waals surface area contributed by atoms with Crippen LogP contribution in [0, 0.1) is 0 Å². The zero-order chi connectivity index (χ0) is 12.3. The summed E-state index contributed by atoms with van der Waals surface area (Å²) in [7, 11) is 2.15. The Labute approximate surface area is 101 Å². The first-order valence-electron chi connectivity index (χ1n) is 5.93. The van der Waals surface area contributed by atoms with Gasteiger partial charge in [0.15, 0.2) is 0 Å². The molecule has 1 amide bonds. The third-order valence-electron chi connectivity index (χ3n) is 3.35. The molecule has 1 fully saturated rings. The van der Waals surface area contributed by atoms with Gasteiger partial charge in [0.05, 0.1) is 0 Å². The SMILES string of the molecule is CN1CCC(c2ccc(NC(=O)O)cc2)CC1. The fourth-order valence-corrected chi connectivity index (χ4v) is 2.30. The number of nitrogens with one attached hydrogen (secondary N) is 1. The van der Waals surface area contributed by atoms with Crippen molar-refractivity contribution in [3.63, 3.8) is 0 Å². The Balaban J connectivity index is 2.00. The summed E-state index contributed by atoms with van der Waals surface area (Å²) in [5.41, 5.74) is 1.95. The molecule has 2 rings (SSSR count). The fraction of sp³-hybridized carbons (Fsp3) is 0.462. The molecule has 1 aliphatic heterocycles. The van der Waals surface area contributed by atoms with E-state index in [2.05, 4.69) is 17.3 Å². The second kappa shape index (κ2) is 5.19. The molecule has 0 unspecified atom stereocenters. The molecule has 2 N–H and O–H groups in total. The van der Waals surface area contributed by atoms with Gasteiger partial charge in [-0.3, -0.25) is 5.32 Å². The molecule has 1 saturated heterocycles. The summed E-state index contributed by atoms with van der Waals surface area (Å²) >= 11 is 0. The van der Waals surface area contributed by atoms with Gasteiger partial charge in [0.2, 0.25) is 0 Å². The van der Waals surface area contributed by atoms with Crippen LogP contribution in [0.15, 0.2) is 24.3 Å². The van der Waals surface area contributed by atoms with Gasteiger partial charge in [-0.15, -0.1) is 0 Å². The fourth-order valence-electron chi connectivity index (χ4n) is 2.30. The third kappa shape index (κ3) is 3.20. The molecular formula is C13H18N2O2. The van der Waals surface area contributed by atoms with E-state index < -0.39 is 6.09 Å². The highest BCUT2D eigenvalue weighted by atomic mass is 16.4. The smallest absolute Gasteiger partial charge is 0.409 e. The summed E-state index contributed by atoms with van der Waals surface area (Å²) in [6.07, 6.45) is 1.35. The topological polar surface area (TPSA) is 52.6 Å². The van der Waals surface area contributed by atoms with Gasteiger partial charge in [0.25, 0.3) is 0 Å². The summed E-state index contributed by atoms with van der Waals surface area (Å²) in [5.74, 6) is 0.616. The lowest BCUT2D eigenvalue weighted by atomic mass is 9.89. The lowest BCUT2D eigenvalue weighted by molar-refractivity contribution is 0.210. The average molecular weight is 234 g/mol. The van der Waals surface area contributed by atoms with Gasteiger partial charge in [-0.1, -0.05) is 12.1 Å². The minimum atomic E-state index is -1.02. The maximum absolute atomic E-state index is 10.5. The lowest BCUT2D eigenvalue weighted by Gasteiger charge is -2.29. The first-order chi connectivity index (χ1) is 8.15. The Kier molecular flexibility index (Phi) is 3.64. The van der Waals surface area contributed by atoms with Gasteiger partial charge in [0, 0.05) is 5.69 Å². The number of piperidine rings is 1. The van der Waals surface area contributed by atoms with Gasteiger partial charge in [-0.2, -0.15) is 0 Å². The van der Waals surface area contributed by atoms with E-state index in [-0.39, 0.29) is 0 Å². The third-order valence-corrected chi connectivity index (χ3v) is 3.35. The van der Waals surface area contributed by atoms with Crippen LogP contribution in [0.1, 0.15) is 24.3 Å². The minimum Gasteiger partial charge on any atom is -0.465 e. The van der Waals surface area contributed by atoms with E-state index in [0.717, 1.165) is 13.1 Å². The number of rotatable bonds is 2. The Hall–Kier alpha value is -1.55. The lowest BCUT2D eigenvalue weighted by Crippen LogP contribution is -2.29. The number of hydrogen-bond donors (Lipinski definition) is 2. The molecule has 1 aromatic carbocycles. The van der Waals surface area contributed by atoms with Crippen molar-refractivity contribution < 1.29 is 9.90 Å². The normalized spacial score (nSPS) is 17.9. The molecule has 17 heavy (non-hydrogen) atoms. The standard InChI is InChI=1S/C13H18N2O2/c1-15-8-6-11(7-9-15)10-2-4-12(5-3-10)14-13(16)17/h2-5,11,14H,6-9H2,1H3,(H,16,17). The Morgan fingerprint density at radius 3 is 2.41 bits per heavy atom. The van der Waals surface area contributed by atoms with Crippen LogP contribution in [0.25, 0.3) is 0 Å². The van der Waals surface area contributed by atoms with Gasteiger partial charge >= 0.3 is 6.09 Å². The van der Waals surface area contributed by atoms with Crippen LogP contribution in [0.3, 0.4) is 0 Å². The molecule has 1 aromatic rings. The summed E-state index contributed by atoms with van der Waals surface area (Å²) < 4.78 is 0. The van der Waals surface area contributed by atoms with Crippen LogP contribution in [-0.2, 0) is 0 Å². The number of nitrogens with zero attached hydrogens (tertiary/aromatic N) is 1. The average Bonchev–Trinajstić information content (AvgIpc) is 2.30. The van der Waals surface area contributed by atoms with E-state index in [1.165, 1.54) is 18.4 Å². The van der Waals surface area contributed by atoms with E-state index in [9.17, 15) is 4.79 Å². The Morgan fingerprint density at radius 1 is 1.29 bits per heavy atom. The first kappa shape index (κ1) is 11.9. The Bertz CT molecular complexity index is 381. The van der Waals surface area contributed by atoms with E-state index >= 15 is 0 Å². The molecule has 0 atom stereocenters. The summed E-state index contributed by atoms with van der Waals surface area (Å²) in [5, 5.41) is 10.9. The van der Waals surface area contributed by atoms with Gasteiger partial charge in [-0.25, -0.2) is 4.79 Å². The highest BCUT2D eigenvalue weighted by molar-refractivity contribution is 5.82. The number of carbonyl (C=O) groups is 1. The van der Waals surface area contributed by atoms with Crippen molar-refractivity contribution in [3.8, 4) is 0 Å². The maximum Gasteiger partial charge on any atom is 0.409 e. The van der Waals surface area contributed by atoms with Crippen molar-refractivity contribution in [2.24, 2.45) is 0 Å². The van der Waals surface area contributed by atoms with Gasteiger partial charge in [0.1, 0.15) is 0 Å². The second-order valence-corrected chi connectivity index (χ2v) is 4.63. The van der Waals surface area contributed by atoms with Crippen LogP contribution in [0.5, 0.6) is 0 Å². The van der Waals surface area contributed by atoms with Crippen LogP contribution in [0.2, 0.25) is 0 Å². The number of carboxylic acid groups (broad SMARTS) is 1. The minimum absolute atomic E-state index is 0.616. The predicted molar refractivity (Wildman–Crippen MR) is 67.6 cm³/mol. The quantitative estimate of drug-likeness (QED) is 0.827. The molecule has 0 bridgehead atoms.